The highest BCUT2D eigenvalue weighted by Gasteiger charge is 1.97. The molecule has 0 aliphatic carbocycles. The summed E-state index contributed by atoms with van der Waals surface area (Å²) in [6.45, 7) is 12.1. The molecule has 0 N–H and O–H groups in total. The summed E-state index contributed by atoms with van der Waals surface area (Å²) >= 11 is 0. The van der Waals surface area contributed by atoms with Crippen LogP contribution in [0.2, 0.25) is 0 Å². The summed E-state index contributed by atoms with van der Waals surface area (Å²) in [4.78, 5) is 17.0. The molecule has 2 aromatic rings. The van der Waals surface area contributed by atoms with Gasteiger partial charge in [0.15, 0.2) is 0 Å². The Labute approximate surface area is 121 Å². The van der Waals surface area contributed by atoms with Crippen LogP contribution in [0, 0.1) is 27.7 Å². The summed E-state index contributed by atoms with van der Waals surface area (Å²) in [5.74, 6) is 0. The summed E-state index contributed by atoms with van der Waals surface area (Å²) in [6.07, 6.45) is 5.57. The van der Waals surface area contributed by atoms with Crippen molar-refractivity contribution in [3.8, 4) is 0 Å². The Morgan fingerprint density at radius 2 is 1.05 bits per heavy atom. The zero-order valence-corrected chi connectivity index (χ0v) is 13.4. The number of hydrogen-bond donors (Lipinski definition) is 0. The zero-order chi connectivity index (χ0) is 15.1. The smallest absolute Gasteiger partial charge is 0.0613 e. The Balaban J connectivity index is 0.000000200. The van der Waals surface area contributed by atoms with Crippen LogP contribution in [0.25, 0.3) is 0 Å². The maximum absolute atomic E-state index is 4.28. The van der Waals surface area contributed by atoms with E-state index in [4.69, 9.17) is 0 Å². The third-order valence-corrected chi connectivity index (χ3v) is 3.01. The van der Waals surface area contributed by atoms with Gasteiger partial charge in [0, 0.05) is 12.4 Å². The Bertz CT molecular complexity index is 513. The second-order valence-electron chi connectivity index (χ2n) is 4.79. The van der Waals surface area contributed by atoms with Crippen molar-refractivity contribution in [1.29, 1.82) is 0 Å². The molecule has 0 radical (unpaired) electrons. The van der Waals surface area contributed by atoms with Crippen molar-refractivity contribution in [2.45, 2.75) is 54.4 Å². The first-order valence-electron chi connectivity index (χ1n) is 7.06. The summed E-state index contributed by atoms with van der Waals surface area (Å²) in [7, 11) is 0. The van der Waals surface area contributed by atoms with Crippen molar-refractivity contribution in [3.05, 3.63) is 46.6 Å². The fourth-order valence-electron chi connectivity index (χ4n) is 1.94. The molecule has 0 spiro atoms. The minimum atomic E-state index is 0.971. The maximum atomic E-state index is 4.28. The molecule has 4 nitrogen and oxygen atoms in total. The Morgan fingerprint density at radius 3 is 1.30 bits per heavy atom. The van der Waals surface area contributed by atoms with E-state index in [0.717, 1.165) is 47.0 Å². The summed E-state index contributed by atoms with van der Waals surface area (Å²) in [6, 6.07) is 0. The Morgan fingerprint density at radius 1 is 0.700 bits per heavy atom. The first-order valence-corrected chi connectivity index (χ1v) is 7.06. The number of rotatable bonds is 2. The molecule has 0 saturated heterocycles. The molecule has 108 valence electrons. The van der Waals surface area contributed by atoms with Gasteiger partial charge in [0.2, 0.25) is 0 Å². The van der Waals surface area contributed by atoms with Gasteiger partial charge >= 0.3 is 0 Å². The molecule has 0 unspecified atom stereocenters. The molecular formula is C16H24N4. The highest BCUT2D eigenvalue weighted by Crippen LogP contribution is 2.02. The normalized spacial score (nSPS) is 9.90. The third kappa shape index (κ3) is 4.68. The van der Waals surface area contributed by atoms with Gasteiger partial charge in [-0.1, -0.05) is 13.8 Å². The number of aryl methyl sites for hydroxylation is 6. The zero-order valence-electron chi connectivity index (χ0n) is 13.4. The minimum Gasteiger partial charge on any atom is -0.258 e. The lowest BCUT2D eigenvalue weighted by atomic mass is 10.2. The van der Waals surface area contributed by atoms with Crippen LogP contribution in [0.3, 0.4) is 0 Å². The van der Waals surface area contributed by atoms with E-state index in [2.05, 4.69) is 33.8 Å². The minimum absolute atomic E-state index is 0.971. The fourth-order valence-corrected chi connectivity index (χ4v) is 1.94. The molecule has 0 atom stereocenters. The molecule has 0 amide bonds. The number of hydrogen-bond acceptors (Lipinski definition) is 4. The van der Waals surface area contributed by atoms with E-state index in [1.165, 1.54) is 0 Å². The highest BCUT2D eigenvalue weighted by molar-refractivity contribution is 5.11. The molecule has 4 heteroatoms. The molecule has 0 aromatic carbocycles. The lowest BCUT2D eigenvalue weighted by Gasteiger charge is -1.99. The average molecular weight is 272 g/mol. The first-order chi connectivity index (χ1) is 9.47. The van der Waals surface area contributed by atoms with Crippen LogP contribution >= 0.6 is 0 Å². The summed E-state index contributed by atoms with van der Waals surface area (Å²) in [5.41, 5.74) is 6.31. The summed E-state index contributed by atoms with van der Waals surface area (Å²) < 4.78 is 0. The quantitative estimate of drug-likeness (QED) is 0.841. The van der Waals surface area contributed by atoms with Gasteiger partial charge in [-0.15, -0.1) is 0 Å². The molecule has 0 bridgehead atoms. The van der Waals surface area contributed by atoms with Crippen molar-refractivity contribution in [2.75, 3.05) is 0 Å². The van der Waals surface area contributed by atoms with Crippen molar-refractivity contribution < 1.29 is 0 Å². The van der Waals surface area contributed by atoms with Gasteiger partial charge in [0.1, 0.15) is 0 Å². The van der Waals surface area contributed by atoms with Gasteiger partial charge in [-0.25, -0.2) is 0 Å². The lowest BCUT2D eigenvalue weighted by molar-refractivity contribution is 0.934. The molecule has 0 aliphatic rings. The van der Waals surface area contributed by atoms with E-state index in [1.54, 1.807) is 0 Å². The predicted molar refractivity (Wildman–Crippen MR) is 81.8 cm³/mol. The van der Waals surface area contributed by atoms with Crippen LogP contribution in [-0.2, 0) is 12.8 Å². The standard InChI is InChI=1S/2C8H12N2/c2*1-4-8-7(3)10-6(2)5-9-8/h2*5H,4H2,1-3H3. The average Bonchev–Trinajstić information content (AvgIpc) is 2.40. The van der Waals surface area contributed by atoms with Crippen LogP contribution in [-0.4, -0.2) is 19.9 Å². The van der Waals surface area contributed by atoms with Gasteiger partial charge < -0.3 is 0 Å². The monoisotopic (exact) mass is 272 g/mol. The third-order valence-electron chi connectivity index (χ3n) is 3.01. The van der Waals surface area contributed by atoms with Crippen molar-refractivity contribution in [2.24, 2.45) is 0 Å². The van der Waals surface area contributed by atoms with E-state index >= 15 is 0 Å². The molecule has 20 heavy (non-hydrogen) atoms. The molecule has 0 saturated carbocycles. The molecule has 2 aromatic heterocycles. The molecule has 0 fully saturated rings. The number of nitrogens with zero attached hydrogens (tertiary/aromatic N) is 4. The van der Waals surface area contributed by atoms with Gasteiger partial charge in [0.05, 0.1) is 34.2 Å². The maximum Gasteiger partial charge on any atom is 0.0613 e. The van der Waals surface area contributed by atoms with Crippen LogP contribution in [0.1, 0.15) is 48.0 Å². The van der Waals surface area contributed by atoms with Crippen molar-refractivity contribution in [3.63, 3.8) is 0 Å². The van der Waals surface area contributed by atoms with Gasteiger partial charge in [0.25, 0.3) is 0 Å². The Kier molecular flexibility index (Phi) is 6.22. The van der Waals surface area contributed by atoms with Gasteiger partial charge in [-0.3, -0.25) is 19.9 Å². The van der Waals surface area contributed by atoms with E-state index in [9.17, 15) is 0 Å². The lowest BCUT2D eigenvalue weighted by Crippen LogP contribution is -1.96. The van der Waals surface area contributed by atoms with E-state index < -0.39 is 0 Å². The van der Waals surface area contributed by atoms with Crippen LogP contribution in [0.5, 0.6) is 0 Å². The number of aromatic nitrogens is 4. The largest absolute Gasteiger partial charge is 0.258 e. The van der Waals surface area contributed by atoms with E-state index in [1.807, 2.05) is 40.1 Å². The predicted octanol–water partition coefficient (Wildman–Crippen LogP) is 3.31. The van der Waals surface area contributed by atoms with E-state index in [-0.39, 0.29) is 0 Å². The highest BCUT2D eigenvalue weighted by atomic mass is 14.8. The molecule has 0 aliphatic heterocycles. The van der Waals surface area contributed by atoms with Gasteiger partial charge in [-0.2, -0.15) is 0 Å². The first kappa shape index (κ1) is 16.2. The second kappa shape index (κ2) is 7.68. The van der Waals surface area contributed by atoms with Crippen LogP contribution in [0.4, 0.5) is 0 Å². The molecule has 2 heterocycles. The molecular weight excluding hydrogens is 248 g/mol. The van der Waals surface area contributed by atoms with Crippen LogP contribution < -0.4 is 0 Å². The fraction of sp³-hybridized carbons (Fsp3) is 0.500. The summed E-state index contributed by atoms with van der Waals surface area (Å²) in [5, 5.41) is 0. The van der Waals surface area contributed by atoms with E-state index in [0.29, 0.717) is 0 Å². The Hall–Kier alpha value is -1.84. The topological polar surface area (TPSA) is 51.6 Å². The molecule has 2 rings (SSSR count). The van der Waals surface area contributed by atoms with Crippen molar-refractivity contribution in [1.82, 2.24) is 19.9 Å². The van der Waals surface area contributed by atoms with Crippen molar-refractivity contribution >= 4 is 0 Å². The second-order valence-corrected chi connectivity index (χ2v) is 4.79. The van der Waals surface area contributed by atoms with Crippen LogP contribution in [0.15, 0.2) is 12.4 Å². The SMILES string of the molecule is CCc1ncc(C)nc1C.CCc1ncc(C)nc1C. The van der Waals surface area contributed by atoms with Gasteiger partial charge in [-0.05, 0) is 40.5 Å².